The maximum absolute atomic E-state index is 12.5. The Morgan fingerprint density at radius 1 is 0.914 bits per heavy atom. The number of carbonyl (C=O) groups is 1. The molecule has 0 heterocycles. The molecule has 0 radical (unpaired) electrons. The molecule has 0 aliphatic rings. The number of rotatable bonds is 9. The Bertz CT molecular complexity index is 1280. The van der Waals surface area contributed by atoms with Gasteiger partial charge in [-0.15, -0.1) is 0 Å². The van der Waals surface area contributed by atoms with Gasteiger partial charge in [-0.3, -0.25) is 4.79 Å². The monoisotopic (exact) mass is 528 g/mol. The molecule has 1 atom stereocenters. The van der Waals surface area contributed by atoms with Gasteiger partial charge in [0.2, 0.25) is 0 Å². The van der Waals surface area contributed by atoms with Crippen LogP contribution >= 0.6 is 15.9 Å². The third-order valence-corrected chi connectivity index (χ3v) is 5.72. The number of hydrazone groups is 1. The lowest BCUT2D eigenvalue weighted by molar-refractivity contribution is -0.127. The van der Waals surface area contributed by atoms with Crippen LogP contribution in [0.4, 0.5) is 0 Å². The molecular formula is C29H25BrN2O3. The Balaban J connectivity index is 1.33. The fourth-order valence-corrected chi connectivity index (χ4v) is 3.74. The summed E-state index contributed by atoms with van der Waals surface area (Å²) in [4.78, 5) is 12.5. The minimum absolute atomic E-state index is 0.352. The molecule has 0 aromatic heterocycles. The molecule has 1 amide bonds. The summed E-state index contributed by atoms with van der Waals surface area (Å²) in [5.41, 5.74) is 6.55. The first kappa shape index (κ1) is 24.2. The van der Waals surface area contributed by atoms with Gasteiger partial charge in [0.25, 0.3) is 5.91 Å². The van der Waals surface area contributed by atoms with E-state index >= 15 is 0 Å². The van der Waals surface area contributed by atoms with E-state index in [9.17, 15) is 4.79 Å². The molecule has 0 saturated carbocycles. The molecule has 1 N–H and O–H groups in total. The summed E-state index contributed by atoms with van der Waals surface area (Å²) in [6.45, 7) is 2.12. The lowest BCUT2D eigenvalue weighted by Gasteiger charge is -2.13. The van der Waals surface area contributed by atoms with Crippen molar-refractivity contribution in [2.45, 2.75) is 19.6 Å². The number of ether oxygens (including phenoxy) is 2. The highest BCUT2D eigenvalue weighted by Gasteiger charge is 2.14. The van der Waals surface area contributed by atoms with E-state index in [1.165, 1.54) is 0 Å². The second kappa shape index (κ2) is 12.0. The number of nitrogens with one attached hydrogen (secondary N) is 1. The van der Waals surface area contributed by atoms with Crippen LogP contribution in [0.5, 0.6) is 11.5 Å². The third-order valence-electron chi connectivity index (χ3n) is 5.23. The molecule has 0 fully saturated rings. The van der Waals surface area contributed by atoms with E-state index in [4.69, 9.17) is 9.47 Å². The van der Waals surface area contributed by atoms with Gasteiger partial charge in [0.15, 0.2) is 6.10 Å². The van der Waals surface area contributed by atoms with Crippen LogP contribution in [0.2, 0.25) is 0 Å². The van der Waals surface area contributed by atoms with Crippen molar-refractivity contribution in [3.8, 4) is 22.6 Å². The van der Waals surface area contributed by atoms with Crippen LogP contribution < -0.4 is 14.9 Å². The Labute approximate surface area is 213 Å². The zero-order valence-electron chi connectivity index (χ0n) is 19.2. The molecule has 0 aliphatic carbocycles. The Hall–Kier alpha value is -3.90. The molecule has 0 aliphatic heterocycles. The zero-order valence-corrected chi connectivity index (χ0v) is 20.8. The molecule has 0 spiro atoms. The van der Waals surface area contributed by atoms with Gasteiger partial charge in [0.05, 0.1) is 6.21 Å². The Morgan fingerprint density at radius 3 is 2.29 bits per heavy atom. The summed E-state index contributed by atoms with van der Waals surface area (Å²) in [6.07, 6.45) is 0.843. The maximum atomic E-state index is 12.5. The fraction of sp³-hybridized carbons (Fsp3) is 0.103. The summed E-state index contributed by atoms with van der Waals surface area (Å²) < 4.78 is 12.6. The molecule has 4 rings (SSSR count). The van der Waals surface area contributed by atoms with Crippen LogP contribution in [0.3, 0.4) is 0 Å². The average molecular weight is 529 g/mol. The minimum atomic E-state index is -0.717. The predicted octanol–water partition coefficient (Wildman–Crippen LogP) is 6.61. The highest BCUT2D eigenvalue weighted by atomic mass is 79.9. The number of hydrogen-bond acceptors (Lipinski definition) is 4. The number of halogens is 1. The van der Waals surface area contributed by atoms with Crippen LogP contribution in [0.1, 0.15) is 18.1 Å². The van der Waals surface area contributed by atoms with Crippen molar-refractivity contribution in [1.82, 2.24) is 5.43 Å². The molecule has 4 aromatic carbocycles. The fourth-order valence-electron chi connectivity index (χ4n) is 3.36. The van der Waals surface area contributed by atoms with Gasteiger partial charge in [0, 0.05) is 10.0 Å². The van der Waals surface area contributed by atoms with Crippen LogP contribution in [-0.4, -0.2) is 18.2 Å². The SMILES string of the molecule is CC(Oc1ccc(-c2ccccc2)cc1)C(=O)N/N=C/c1cc(Br)ccc1OCc1ccccc1. The summed E-state index contributed by atoms with van der Waals surface area (Å²) in [5, 5.41) is 4.11. The zero-order chi connectivity index (χ0) is 24.5. The van der Waals surface area contributed by atoms with Crippen molar-refractivity contribution in [3.05, 3.63) is 119 Å². The molecule has 4 aromatic rings. The number of benzene rings is 4. The van der Waals surface area contributed by atoms with Crippen LogP contribution in [-0.2, 0) is 11.4 Å². The average Bonchev–Trinajstić information content (AvgIpc) is 2.89. The van der Waals surface area contributed by atoms with Gasteiger partial charge >= 0.3 is 0 Å². The molecule has 176 valence electrons. The third kappa shape index (κ3) is 7.04. The summed E-state index contributed by atoms with van der Waals surface area (Å²) in [5.74, 6) is 0.924. The number of nitrogens with zero attached hydrogens (tertiary/aromatic N) is 1. The predicted molar refractivity (Wildman–Crippen MR) is 143 cm³/mol. The highest BCUT2D eigenvalue weighted by Crippen LogP contribution is 2.24. The van der Waals surface area contributed by atoms with E-state index in [2.05, 4.69) is 26.5 Å². The number of carbonyl (C=O) groups excluding carboxylic acids is 1. The van der Waals surface area contributed by atoms with Gasteiger partial charge in [0.1, 0.15) is 18.1 Å². The molecule has 1 unspecified atom stereocenters. The van der Waals surface area contributed by atoms with Gasteiger partial charge in [-0.2, -0.15) is 5.10 Å². The first-order chi connectivity index (χ1) is 17.1. The summed E-state index contributed by atoms with van der Waals surface area (Å²) >= 11 is 3.47. The van der Waals surface area contributed by atoms with E-state index in [0.29, 0.717) is 18.1 Å². The van der Waals surface area contributed by atoms with Crippen molar-refractivity contribution in [1.29, 1.82) is 0 Å². The standard InChI is InChI=1S/C29H25BrN2O3/c1-21(35-27-15-12-24(13-16-27)23-10-6-3-7-11-23)29(33)32-31-19-25-18-26(30)14-17-28(25)34-20-22-8-4-2-5-9-22/h2-19,21H,20H2,1H3,(H,32,33)/b31-19+. The Morgan fingerprint density at radius 2 is 1.57 bits per heavy atom. The van der Waals surface area contributed by atoms with Crippen molar-refractivity contribution in [2.75, 3.05) is 0 Å². The first-order valence-corrected chi connectivity index (χ1v) is 12.0. The van der Waals surface area contributed by atoms with Crippen LogP contribution in [0.25, 0.3) is 11.1 Å². The largest absolute Gasteiger partial charge is 0.488 e. The lowest BCUT2D eigenvalue weighted by Crippen LogP contribution is -2.33. The summed E-state index contributed by atoms with van der Waals surface area (Å²) in [6, 6.07) is 33.3. The second-order valence-electron chi connectivity index (χ2n) is 7.84. The van der Waals surface area contributed by atoms with Crippen LogP contribution in [0.15, 0.2) is 113 Å². The van der Waals surface area contributed by atoms with E-state index in [0.717, 1.165) is 26.7 Å². The van der Waals surface area contributed by atoms with Crippen molar-refractivity contribution >= 4 is 28.1 Å². The molecule has 35 heavy (non-hydrogen) atoms. The number of amides is 1. The highest BCUT2D eigenvalue weighted by molar-refractivity contribution is 9.10. The Kier molecular flexibility index (Phi) is 8.30. The maximum Gasteiger partial charge on any atom is 0.280 e. The lowest BCUT2D eigenvalue weighted by atomic mass is 10.1. The van der Waals surface area contributed by atoms with E-state index in [1.807, 2.05) is 103 Å². The smallest absolute Gasteiger partial charge is 0.280 e. The molecule has 0 bridgehead atoms. The molecule has 5 nitrogen and oxygen atoms in total. The first-order valence-electron chi connectivity index (χ1n) is 11.2. The van der Waals surface area contributed by atoms with Gasteiger partial charge in [-0.25, -0.2) is 5.43 Å². The molecule has 6 heteroatoms. The van der Waals surface area contributed by atoms with Gasteiger partial charge < -0.3 is 9.47 Å². The van der Waals surface area contributed by atoms with Crippen molar-refractivity contribution in [2.24, 2.45) is 5.10 Å². The number of hydrogen-bond donors (Lipinski definition) is 1. The molecular weight excluding hydrogens is 504 g/mol. The van der Waals surface area contributed by atoms with Crippen molar-refractivity contribution in [3.63, 3.8) is 0 Å². The van der Waals surface area contributed by atoms with Gasteiger partial charge in [-0.05, 0) is 53.9 Å². The minimum Gasteiger partial charge on any atom is -0.488 e. The van der Waals surface area contributed by atoms with Crippen LogP contribution in [0, 0.1) is 0 Å². The molecule has 0 saturated heterocycles. The van der Waals surface area contributed by atoms with E-state index in [-0.39, 0.29) is 5.91 Å². The normalized spacial score (nSPS) is 11.7. The van der Waals surface area contributed by atoms with Gasteiger partial charge in [-0.1, -0.05) is 88.7 Å². The van der Waals surface area contributed by atoms with E-state index < -0.39 is 6.10 Å². The van der Waals surface area contributed by atoms with E-state index in [1.54, 1.807) is 13.1 Å². The summed E-state index contributed by atoms with van der Waals surface area (Å²) in [7, 11) is 0. The second-order valence-corrected chi connectivity index (χ2v) is 8.76. The quantitative estimate of drug-likeness (QED) is 0.196. The van der Waals surface area contributed by atoms with Crippen molar-refractivity contribution < 1.29 is 14.3 Å². The topological polar surface area (TPSA) is 59.9 Å².